The maximum absolute atomic E-state index is 11.5. The number of ether oxygens (including phenoxy) is 1. The zero-order chi connectivity index (χ0) is 15.0. The normalized spacial score (nSPS) is 13.7. The van der Waals surface area contributed by atoms with Crippen molar-refractivity contribution in [3.63, 3.8) is 0 Å². The van der Waals surface area contributed by atoms with Crippen molar-refractivity contribution in [1.29, 1.82) is 0 Å². The largest absolute Gasteiger partial charge is 0.481 e. The highest BCUT2D eigenvalue weighted by Crippen LogP contribution is 2.11. The SMILES string of the molecule is CCOC(=O)C(N)C(=O)NCC(CC(C)C)C(=O)O. The van der Waals surface area contributed by atoms with Crippen molar-refractivity contribution < 1.29 is 24.2 Å². The molecule has 0 aromatic carbocycles. The molecule has 0 heterocycles. The van der Waals surface area contributed by atoms with Crippen LogP contribution in [0.25, 0.3) is 0 Å². The summed E-state index contributed by atoms with van der Waals surface area (Å²) in [6, 6.07) is -1.42. The Balaban J connectivity index is 4.32. The number of carboxylic acid groups (broad SMARTS) is 1. The van der Waals surface area contributed by atoms with E-state index >= 15 is 0 Å². The molecule has 2 unspecified atom stereocenters. The summed E-state index contributed by atoms with van der Waals surface area (Å²) in [4.78, 5) is 33.7. The Labute approximate surface area is 112 Å². The number of amides is 1. The molecule has 0 aliphatic rings. The summed E-state index contributed by atoms with van der Waals surface area (Å²) in [6.07, 6.45) is 0.435. The van der Waals surface area contributed by atoms with E-state index in [-0.39, 0.29) is 19.1 Å². The van der Waals surface area contributed by atoms with Gasteiger partial charge >= 0.3 is 11.9 Å². The lowest BCUT2D eigenvalue weighted by atomic mass is 9.97. The number of nitrogens with one attached hydrogen (secondary N) is 1. The fraction of sp³-hybridized carbons (Fsp3) is 0.750. The fourth-order valence-electron chi connectivity index (χ4n) is 1.51. The molecule has 0 spiro atoms. The lowest BCUT2D eigenvalue weighted by molar-refractivity contribution is -0.148. The van der Waals surface area contributed by atoms with Gasteiger partial charge in [-0.25, -0.2) is 4.79 Å². The van der Waals surface area contributed by atoms with Crippen LogP contribution in [0, 0.1) is 11.8 Å². The monoisotopic (exact) mass is 274 g/mol. The van der Waals surface area contributed by atoms with Crippen molar-refractivity contribution in [3.05, 3.63) is 0 Å². The van der Waals surface area contributed by atoms with E-state index in [0.717, 1.165) is 0 Å². The topological polar surface area (TPSA) is 119 Å². The highest BCUT2D eigenvalue weighted by atomic mass is 16.5. The summed E-state index contributed by atoms with van der Waals surface area (Å²) in [5.74, 6) is -3.04. The van der Waals surface area contributed by atoms with Gasteiger partial charge in [0.2, 0.25) is 5.91 Å². The molecule has 1 amide bonds. The van der Waals surface area contributed by atoms with Crippen LogP contribution < -0.4 is 11.1 Å². The second kappa shape index (κ2) is 8.47. The summed E-state index contributed by atoms with van der Waals surface area (Å²) >= 11 is 0. The van der Waals surface area contributed by atoms with E-state index < -0.39 is 29.8 Å². The molecule has 0 saturated carbocycles. The average Bonchev–Trinajstić information content (AvgIpc) is 2.32. The van der Waals surface area contributed by atoms with Crippen LogP contribution in [0.2, 0.25) is 0 Å². The molecule has 19 heavy (non-hydrogen) atoms. The van der Waals surface area contributed by atoms with Gasteiger partial charge in [0.1, 0.15) is 0 Å². The molecule has 110 valence electrons. The van der Waals surface area contributed by atoms with Crippen molar-refractivity contribution in [2.75, 3.05) is 13.2 Å². The number of aliphatic carboxylic acids is 1. The van der Waals surface area contributed by atoms with Crippen molar-refractivity contribution in [2.45, 2.75) is 33.2 Å². The third kappa shape index (κ3) is 6.76. The first-order valence-corrected chi connectivity index (χ1v) is 6.22. The molecule has 0 aliphatic heterocycles. The first-order chi connectivity index (χ1) is 8.79. The van der Waals surface area contributed by atoms with Crippen LogP contribution in [0.5, 0.6) is 0 Å². The number of hydrogen-bond donors (Lipinski definition) is 3. The predicted octanol–water partition coefficient (Wildman–Crippen LogP) is -0.260. The maximum atomic E-state index is 11.5. The molecular formula is C12H22N2O5. The number of hydrogen-bond acceptors (Lipinski definition) is 5. The van der Waals surface area contributed by atoms with Gasteiger partial charge in [0.25, 0.3) is 0 Å². The Morgan fingerprint density at radius 3 is 2.32 bits per heavy atom. The summed E-state index contributed by atoms with van der Waals surface area (Å²) in [5, 5.41) is 11.4. The number of carboxylic acids is 1. The number of carbonyl (C=O) groups excluding carboxylic acids is 2. The molecule has 0 aromatic rings. The minimum atomic E-state index is -1.42. The van der Waals surface area contributed by atoms with Crippen LogP contribution in [0.1, 0.15) is 27.2 Å². The summed E-state index contributed by atoms with van der Waals surface area (Å²) in [7, 11) is 0. The molecule has 0 aromatic heterocycles. The van der Waals surface area contributed by atoms with Gasteiger partial charge in [0.15, 0.2) is 6.04 Å². The standard InChI is InChI=1S/C12H22N2O5/c1-4-19-12(18)9(13)10(15)14-6-8(11(16)17)5-7(2)3/h7-9H,4-6,13H2,1-3H3,(H,14,15)(H,16,17). The van der Waals surface area contributed by atoms with Crippen molar-refractivity contribution in [1.82, 2.24) is 5.32 Å². The van der Waals surface area contributed by atoms with Gasteiger partial charge in [-0.1, -0.05) is 13.8 Å². The second-order valence-electron chi connectivity index (χ2n) is 4.64. The van der Waals surface area contributed by atoms with Crippen molar-refractivity contribution in [2.24, 2.45) is 17.6 Å². The molecule has 0 aliphatic carbocycles. The number of nitrogens with two attached hydrogens (primary N) is 1. The van der Waals surface area contributed by atoms with Gasteiger partial charge in [-0.05, 0) is 19.3 Å². The summed E-state index contributed by atoms with van der Waals surface area (Å²) in [6.45, 7) is 5.46. The van der Waals surface area contributed by atoms with Crippen LogP contribution in [-0.4, -0.2) is 42.1 Å². The van der Waals surface area contributed by atoms with Gasteiger partial charge in [-0.15, -0.1) is 0 Å². The minimum absolute atomic E-state index is 0.0561. The van der Waals surface area contributed by atoms with E-state index in [1.165, 1.54) is 0 Å². The third-order valence-corrected chi connectivity index (χ3v) is 2.45. The minimum Gasteiger partial charge on any atom is -0.481 e. The Hall–Kier alpha value is -1.63. The van der Waals surface area contributed by atoms with Gasteiger partial charge in [0.05, 0.1) is 12.5 Å². The van der Waals surface area contributed by atoms with Crippen molar-refractivity contribution >= 4 is 17.8 Å². The Bertz CT molecular complexity index is 330. The number of esters is 1. The van der Waals surface area contributed by atoms with Crippen molar-refractivity contribution in [3.8, 4) is 0 Å². The third-order valence-electron chi connectivity index (χ3n) is 2.45. The smallest absolute Gasteiger partial charge is 0.332 e. The lowest BCUT2D eigenvalue weighted by Crippen LogP contribution is -2.48. The van der Waals surface area contributed by atoms with Crippen LogP contribution in [0.3, 0.4) is 0 Å². The highest BCUT2D eigenvalue weighted by molar-refractivity contribution is 6.01. The van der Waals surface area contributed by atoms with Crippen LogP contribution in [0.4, 0.5) is 0 Å². The molecule has 0 bridgehead atoms. The lowest BCUT2D eigenvalue weighted by Gasteiger charge is -2.17. The van der Waals surface area contributed by atoms with E-state index in [2.05, 4.69) is 10.1 Å². The highest BCUT2D eigenvalue weighted by Gasteiger charge is 2.25. The Kier molecular flexibility index (Phi) is 7.74. The molecule has 7 heteroatoms. The molecular weight excluding hydrogens is 252 g/mol. The number of carbonyl (C=O) groups is 3. The van der Waals surface area contributed by atoms with Gasteiger partial charge in [-0.2, -0.15) is 0 Å². The average molecular weight is 274 g/mol. The molecule has 0 fully saturated rings. The first kappa shape index (κ1) is 17.4. The predicted molar refractivity (Wildman–Crippen MR) is 68.2 cm³/mol. The van der Waals surface area contributed by atoms with E-state index in [4.69, 9.17) is 10.8 Å². The summed E-state index contributed by atoms with van der Waals surface area (Å²) in [5.41, 5.74) is 5.38. The second-order valence-corrected chi connectivity index (χ2v) is 4.64. The molecule has 0 saturated heterocycles. The number of rotatable bonds is 8. The van der Waals surface area contributed by atoms with Gasteiger partial charge < -0.3 is 20.9 Å². The zero-order valence-electron chi connectivity index (χ0n) is 11.5. The molecule has 2 atom stereocenters. The maximum Gasteiger partial charge on any atom is 0.332 e. The van der Waals surface area contributed by atoms with Crippen LogP contribution >= 0.6 is 0 Å². The molecule has 0 radical (unpaired) electrons. The fourth-order valence-corrected chi connectivity index (χ4v) is 1.51. The first-order valence-electron chi connectivity index (χ1n) is 6.22. The van der Waals surface area contributed by atoms with E-state index in [0.29, 0.717) is 6.42 Å². The molecule has 7 nitrogen and oxygen atoms in total. The zero-order valence-corrected chi connectivity index (χ0v) is 11.5. The van der Waals surface area contributed by atoms with Gasteiger partial charge in [0, 0.05) is 6.54 Å². The van der Waals surface area contributed by atoms with E-state index in [1.54, 1.807) is 6.92 Å². The van der Waals surface area contributed by atoms with Crippen LogP contribution in [-0.2, 0) is 19.1 Å². The van der Waals surface area contributed by atoms with Gasteiger partial charge in [-0.3, -0.25) is 9.59 Å². The van der Waals surface area contributed by atoms with E-state index in [1.807, 2.05) is 13.8 Å². The van der Waals surface area contributed by atoms with E-state index in [9.17, 15) is 14.4 Å². The Morgan fingerprint density at radius 1 is 1.32 bits per heavy atom. The summed E-state index contributed by atoms with van der Waals surface area (Å²) < 4.78 is 4.60. The Morgan fingerprint density at radius 2 is 1.89 bits per heavy atom. The van der Waals surface area contributed by atoms with Crippen LogP contribution in [0.15, 0.2) is 0 Å². The quantitative estimate of drug-likeness (QED) is 0.414. The molecule has 0 rings (SSSR count). The molecule has 4 N–H and O–H groups in total.